The first kappa shape index (κ1) is 13.0. The molecule has 0 aromatic heterocycles. The molecule has 3 nitrogen and oxygen atoms in total. The summed E-state index contributed by atoms with van der Waals surface area (Å²) >= 11 is 6.70. The van der Waals surface area contributed by atoms with Crippen molar-refractivity contribution in [3.8, 4) is 0 Å². The lowest BCUT2D eigenvalue weighted by Crippen LogP contribution is -2.16. The van der Waals surface area contributed by atoms with Crippen LogP contribution in [0.5, 0.6) is 0 Å². The Morgan fingerprint density at radius 2 is 1.94 bits per heavy atom. The summed E-state index contributed by atoms with van der Waals surface area (Å²) in [5, 5.41) is 8.73. The normalized spacial score (nSPS) is 9.88. The van der Waals surface area contributed by atoms with Gasteiger partial charge in [-0.25, -0.2) is 4.79 Å². The van der Waals surface area contributed by atoms with Gasteiger partial charge in [0.15, 0.2) is 0 Å². The number of carboxylic acids is 1. The van der Waals surface area contributed by atoms with Crippen molar-refractivity contribution in [3.63, 3.8) is 0 Å². The second-order valence-corrected chi connectivity index (χ2v) is 5.06. The van der Waals surface area contributed by atoms with E-state index in [9.17, 15) is 4.79 Å². The second kappa shape index (κ2) is 5.86. The maximum Gasteiger partial charge on any atom is 0.335 e. The Balaban J connectivity index is 2.56. The molecule has 0 fully saturated rings. The van der Waals surface area contributed by atoms with Gasteiger partial charge >= 0.3 is 5.97 Å². The molecule has 0 amide bonds. The summed E-state index contributed by atoms with van der Waals surface area (Å²) in [6.45, 7) is 0. The Bertz CT molecular complexity index is 387. The van der Waals surface area contributed by atoms with Crippen molar-refractivity contribution in [2.45, 2.75) is 5.75 Å². The van der Waals surface area contributed by atoms with Gasteiger partial charge in [-0.05, 0) is 17.7 Å². The predicted molar refractivity (Wildman–Crippen MR) is 71.0 cm³/mol. The summed E-state index contributed by atoms with van der Waals surface area (Å²) in [5.74, 6) is -0.139. The summed E-state index contributed by atoms with van der Waals surface area (Å²) in [5.41, 5.74) is 1.38. The molecule has 1 N–H and O–H groups in total. The monoisotopic (exact) mass is 255 g/mol. The van der Waals surface area contributed by atoms with E-state index in [0.29, 0.717) is 5.56 Å². The van der Waals surface area contributed by atoms with Crippen LogP contribution in [0.4, 0.5) is 0 Å². The SMILES string of the molecule is CN(C)C(=S)SCc1ccc(C(=O)O)cc1. The molecule has 0 aliphatic heterocycles. The first-order chi connectivity index (χ1) is 7.50. The molecule has 0 heterocycles. The lowest BCUT2D eigenvalue weighted by Gasteiger charge is -2.12. The number of carbonyl (C=O) groups is 1. The molecular weight excluding hydrogens is 242 g/mol. The molecule has 16 heavy (non-hydrogen) atoms. The number of hydrogen-bond donors (Lipinski definition) is 1. The van der Waals surface area contributed by atoms with E-state index in [1.165, 1.54) is 0 Å². The van der Waals surface area contributed by atoms with Gasteiger partial charge in [0.05, 0.1) is 5.56 Å². The third-order valence-corrected chi connectivity index (χ3v) is 3.74. The predicted octanol–water partition coefficient (Wildman–Crippen LogP) is 2.46. The number of thioether (sulfide) groups is 1. The Kier molecular flexibility index (Phi) is 4.76. The van der Waals surface area contributed by atoms with Gasteiger partial charge in [-0.3, -0.25) is 0 Å². The molecule has 0 saturated heterocycles. The van der Waals surface area contributed by atoms with Gasteiger partial charge in [0.1, 0.15) is 4.32 Å². The van der Waals surface area contributed by atoms with Crippen molar-refractivity contribution >= 4 is 34.3 Å². The third-order valence-electron chi connectivity index (χ3n) is 1.93. The zero-order valence-corrected chi connectivity index (χ0v) is 10.8. The first-order valence-corrected chi connectivity index (χ1v) is 6.06. The number of benzene rings is 1. The quantitative estimate of drug-likeness (QED) is 0.840. The highest BCUT2D eigenvalue weighted by atomic mass is 32.2. The molecule has 1 rings (SSSR count). The molecule has 0 spiro atoms. The van der Waals surface area contributed by atoms with Gasteiger partial charge in [0.2, 0.25) is 0 Å². The highest BCUT2D eigenvalue weighted by Crippen LogP contribution is 2.15. The van der Waals surface area contributed by atoms with Crippen molar-refractivity contribution < 1.29 is 9.90 Å². The molecule has 0 unspecified atom stereocenters. The maximum atomic E-state index is 10.6. The van der Waals surface area contributed by atoms with Crippen LogP contribution < -0.4 is 0 Å². The minimum Gasteiger partial charge on any atom is -0.478 e. The molecule has 0 aliphatic rings. The van der Waals surface area contributed by atoms with Crippen LogP contribution in [0, 0.1) is 0 Å². The van der Waals surface area contributed by atoms with E-state index in [-0.39, 0.29) is 0 Å². The van der Waals surface area contributed by atoms with E-state index in [0.717, 1.165) is 15.6 Å². The van der Waals surface area contributed by atoms with Gasteiger partial charge in [-0.2, -0.15) is 0 Å². The minimum atomic E-state index is -0.900. The van der Waals surface area contributed by atoms with E-state index in [1.54, 1.807) is 23.9 Å². The maximum absolute atomic E-state index is 10.6. The Morgan fingerprint density at radius 3 is 2.38 bits per heavy atom. The van der Waals surface area contributed by atoms with Gasteiger partial charge in [0, 0.05) is 19.8 Å². The van der Waals surface area contributed by atoms with Crippen molar-refractivity contribution in [1.82, 2.24) is 4.90 Å². The molecule has 0 bridgehead atoms. The Labute approximate surface area is 104 Å². The van der Waals surface area contributed by atoms with Crippen LogP contribution in [0.25, 0.3) is 0 Å². The average molecular weight is 255 g/mol. The largest absolute Gasteiger partial charge is 0.478 e. The number of rotatable bonds is 3. The van der Waals surface area contributed by atoms with E-state index in [4.69, 9.17) is 17.3 Å². The summed E-state index contributed by atoms with van der Waals surface area (Å²) in [7, 11) is 3.81. The smallest absolute Gasteiger partial charge is 0.335 e. The fraction of sp³-hybridized carbons (Fsp3) is 0.273. The number of thiocarbonyl (C=S) groups is 1. The zero-order valence-electron chi connectivity index (χ0n) is 9.14. The molecular formula is C11H13NO2S2. The molecule has 0 aliphatic carbocycles. The average Bonchev–Trinajstić information content (AvgIpc) is 2.26. The van der Waals surface area contributed by atoms with Crippen LogP contribution in [0.2, 0.25) is 0 Å². The highest BCUT2D eigenvalue weighted by Gasteiger charge is 2.03. The molecule has 0 saturated carbocycles. The molecule has 1 aromatic rings. The molecule has 1 aromatic carbocycles. The van der Waals surface area contributed by atoms with Crippen LogP contribution in [-0.4, -0.2) is 34.4 Å². The third kappa shape index (κ3) is 3.83. The van der Waals surface area contributed by atoms with Crippen LogP contribution in [-0.2, 0) is 5.75 Å². The van der Waals surface area contributed by atoms with Crippen molar-refractivity contribution in [2.75, 3.05) is 14.1 Å². The van der Waals surface area contributed by atoms with Gasteiger partial charge in [-0.1, -0.05) is 36.1 Å². The molecule has 86 valence electrons. The molecule has 0 radical (unpaired) electrons. The number of carboxylic acid groups (broad SMARTS) is 1. The second-order valence-electron chi connectivity index (χ2n) is 3.45. The van der Waals surface area contributed by atoms with Crippen molar-refractivity contribution in [3.05, 3.63) is 35.4 Å². The Morgan fingerprint density at radius 1 is 1.38 bits per heavy atom. The van der Waals surface area contributed by atoms with Crippen LogP contribution in [0.15, 0.2) is 24.3 Å². The molecule has 5 heteroatoms. The van der Waals surface area contributed by atoms with Crippen LogP contribution >= 0.6 is 24.0 Å². The number of nitrogens with zero attached hydrogens (tertiary/aromatic N) is 1. The summed E-state index contributed by atoms with van der Waals surface area (Å²) in [6.07, 6.45) is 0. The topological polar surface area (TPSA) is 40.5 Å². The highest BCUT2D eigenvalue weighted by molar-refractivity contribution is 8.22. The van der Waals surface area contributed by atoms with Crippen LogP contribution in [0.3, 0.4) is 0 Å². The summed E-state index contributed by atoms with van der Waals surface area (Å²) < 4.78 is 0.822. The van der Waals surface area contributed by atoms with Gasteiger partial charge in [0.25, 0.3) is 0 Å². The van der Waals surface area contributed by atoms with Crippen molar-refractivity contribution in [2.24, 2.45) is 0 Å². The van der Waals surface area contributed by atoms with E-state index < -0.39 is 5.97 Å². The van der Waals surface area contributed by atoms with E-state index >= 15 is 0 Å². The van der Waals surface area contributed by atoms with E-state index in [1.807, 2.05) is 31.1 Å². The van der Waals surface area contributed by atoms with Gasteiger partial charge < -0.3 is 10.0 Å². The standard InChI is InChI=1S/C11H13NO2S2/c1-12(2)11(15)16-7-8-3-5-9(6-4-8)10(13)14/h3-6H,7H2,1-2H3,(H,13,14). The number of hydrogen-bond acceptors (Lipinski definition) is 3. The zero-order chi connectivity index (χ0) is 12.1. The number of aromatic carboxylic acids is 1. The lowest BCUT2D eigenvalue weighted by molar-refractivity contribution is 0.0697. The van der Waals surface area contributed by atoms with Gasteiger partial charge in [-0.15, -0.1) is 0 Å². The fourth-order valence-electron chi connectivity index (χ4n) is 1.02. The van der Waals surface area contributed by atoms with Crippen LogP contribution in [0.1, 0.15) is 15.9 Å². The van der Waals surface area contributed by atoms with Crippen molar-refractivity contribution in [1.29, 1.82) is 0 Å². The Hall–Kier alpha value is -1.07. The minimum absolute atomic E-state index is 0.309. The molecule has 0 atom stereocenters. The fourth-order valence-corrected chi connectivity index (χ4v) is 1.94. The van der Waals surface area contributed by atoms with E-state index in [2.05, 4.69) is 0 Å². The summed E-state index contributed by atoms with van der Waals surface area (Å²) in [4.78, 5) is 12.5. The lowest BCUT2D eigenvalue weighted by atomic mass is 10.1. The summed E-state index contributed by atoms with van der Waals surface area (Å²) in [6, 6.07) is 6.84. The first-order valence-electron chi connectivity index (χ1n) is 4.67.